The minimum absolute atomic E-state index is 0.00357. The van der Waals surface area contributed by atoms with Crippen molar-refractivity contribution in [3.05, 3.63) is 41.0 Å². The topological polar surface area (TPSA) is 208 Å². The fraction of sp³-hybridized carbons (Fsp3) is 0.407. The highest BCUT2D eigenvalue weighted by molar-refractivity contribution is 7.17. The smallest absolute Gasteiger partial charge is 0.369 e. The van der Waals surface area contributed by atoms with Gasteiger partial charge in [0.1, 0.15) is 9.88 Å². The van der Waals surface area contributed by atoms with Crippen LogP contribution in [0, 0.1) is 5.92 Å². The molecule has 2 aromatic heterocycles. The fourth-order valence-corrected chi connectivity index (χ4v) is 5.57. The summed E-state index contributed by atoms with van der Waals surface area (Å²) in [6, 6.07) is 6.45. The van der Waals surface area contributed by atoms with Crippen LogP contribution in [0.25, 0.3) is 10.6 Å². The molecule has 1 saturated heterocycles. The number of thiazole rings is 1. The number of anilines is 3. The van der Waals surface area contributed by atoms with Crippen molar-refractivity contribution in [3.63, 3.8) is 0 Å². The van der Waals surface area contributed by atoms with Gasteiger partial charge in [-0.1, -0.05) is 6.07 Å². The first kappa shape index (κ1) is 30.2. The quantitative estimate of drug-likeness (QED) is 0.189. The fourth-order valence-electron chi connectivity index (χ4n) is 4.67. The van der Waals surface area contributed by atoms with Gasteiger partial charge in [0.25, 0.3) is 11.8 Å². The molecular formula is C27H31N7O8S. The minimum atomic E-state index is -3.51. The van der Waals surface area contributed by atoms with Crippen LogP contribution in [0.5, 0.6) is 5.75 Å². The lowest BCUT2D eigenvalue weighted by Crippen LogP contribution is -2.48. The van der Waals surface area contributed by atoms with Crippen molar-refractivity contribution in [2.75, 3.05) is 30.8 Å². The minimum Gasteiger partial charge on any atom is -0.494 e. The Balaban J connectivity index is 1.45. The molecule has 228 valence electrons. The van der Waals surface area contributed by atoms with Crippen molar-refractivity contribution < 1.29 is 39.2 Å². The number of nitrogens with one attached hydrogen (secondary N) is 3. The SMILES string of the molecule is COc1c(Nc2cc(NC(=O)C3CC3)nnc2C(=O)NC(O)(O)O)cccc1-c1ncc(C(=O)N2CC(C)OC(C)C2)s1. The first-order valence-electron chi connectivity index (χ1n) is 13.4. The Morgan fingerprint density at radius 2 is 1.81 bits per heavy atom. The summed E-state index contributed by atoms with van der Waals surface area (Å²) in [4.78, 5) is 44.9. The van der Waals surface area contributed by atoms with Crippen LogP contribution in [0.15, 0.2) is 30.5 Å². The number of hydrogen-bond acceptors (Lipinski definition) is 13. The van der Waals surface area contributed by atoms with Gasteiger partial charge in [-0.05, 0) is 38.8 Å². The van der Waals surface area contributed by atoms with E-state index in [0.29, 0.717) is 40.0 Å². The Bertz CT molecular complexity index is 1530. The van der Waals surface area contributed by atoms with Crippen molar-refractivity contribution in [1.29, 1.82) is 0 Å². The summed E-state index contributed by atoms with van der Waals surface area (Å²) in [5.41, 5.74) is 0.484. The van der Waals surface area contributed by atoms with Gasteiger partial charge >= 0.3 is 6.10 Å². The van der Waals surface area contributed by atoms with E-state index in [2.05, 4.69) is 25.8 Å². The van der Waals surface area contributed by atoms with Gasteiger partial charge in [-0.15, -0.1) is 21.5 Å². The van der Waals surface area contributed by atoms with E-state index in [1.165, 1.54) is 30.7 Å². The number of para-hydroxylation sites is 1. The number of hydrogen-bond donors (Lipinski definition) is 6. The summed E-state index contributed by atoms with van der Waals surface area (Å²) in [6.07, 6.45) is -0.636. The second-order valence-corrected chi connectivity index (χ2v) is 11.4. The first-order valence-corrected chi connectivity index (χ1v) is 14.3. The van der Waals surface area contributed by atoms with Crippen LogP contribution in [-0.2, 0) is 9.53 Å². The van der Waals surface area contributed by atoms with Crippen molar-refractivity contribution in [2.24, 2.45) is 5.92 Å². The van der Waals surface area contributed by atoms with Crippen molar-refractivity contribution >= 4 is 46.3 Å². The van der Waals surface area contributed by atoms with Crippen LogP contribution in [0.1, 0.15) is 46.8 Å². The zero-order valence-corrected chi connectivity index (χ0v) is 24.3. The van der Waals surface area contributed by atoms with E-state index in [0.717, 1.165) is 12.8 Å². The summed E-state index contributed by atoms with van der Waals surface area (Å²) in [5.74, 6) is -1.33. The van der Waals surface area contributed by atoms with Crippen molar-refractivity contribution in [3.8, 4) is 16.3 Å². The molecule has 3 heterocycles. The van der Waals surface area contributed by atoms with E-state index >= 15 is 0 Å². The first-order chi connectivity index (χ1) is 20.4. The summed E-state index contributed by atoms with van der Waals surface area (Å²) < 4.78 is 11.4. The van der Waals surface area contributed by atoms with E-state index in [4.69, 9.17) is 9.47 Å². The highest BCUT2D eigenvalue weighted by Crippen LogP contribution is 2.40. The zero-order chi connectivity index (χ0) is 30.9. The predicted molar refractivity (Wildman–Crippen MR) is 154 cm³/mol. The third-order valence-electron chi connectivity index (χ3n) is 6.63. The number of amides is 3. The van der Waals surface area contributed by atoms with E-state index in [-0.39, 0.29) is 41.4 Å². The molecule has 0 bridgehead atoms. The maximum atomic E-state index is 13.2. The van der Waals surface area contributed by atoms with Gasteiger partial charge in [0.15, 0.2) is 17.3 Å². The largest absolute Gasteiger partial charge is 0.494 e. The van der Waals surface area contributed by atoms with E-state index in [1.807, 2.05) is 13.8 Å². The average molecular weight is 614 g/mol. The van der Waals surface area contributed by atoms with Gasteiger partial charge in [-0.2, -0.15) is 0 Å². The number of rotatable bonds is 9. The molecule has 5 rings (SSSR count). The molecule has 0 spiro atoms. The van der Waals surface area contributed by atoms with Crippen LogP contribution in [-0.4, -0.2) is 91.6 Å². The maximum Gasteiger partial charge on any atom is 0.369 e. The van der Waals surface area contributed by atoms with Gasteiger partial charge in [0.2, 0.25) is 5.91 Å². The monoisotopic (exact) mass is 613 g/mol. The van der Waals surface area contributed by atoms with Gasteiger partial charge in [0.05, 0.1) is 42.5 Å². The normalized spacial score (nSPS) is 18.6. The molecule has 1 aliphatic carbocycles. The molecule has 2 unspecified atom stereocenters. The molecule has 0 radical (unpaired) electrons. The van der Waals surface area contributed by atoms with Crippen LogP contribution >= 0.6 is 11.3 Å². The molecule has 16 heteroatoms. The number of aromatic nitrogens is 3. The lowest BCUT2D eigenvalue weighted by molar-refractivity contribution is -0.323. The highest BCUT2D eigenvalue weighted by Gasteiger charge is 2.31. The van der Waals surface area contributed by atoms with Gasteiger partial charge in [0, 0.05) is 25.1 Å². The Labute approximate surface area is 249 Å². The van der Waals surface area contributed by atoms with Crippen LogP contribution in [0.4, 0.5) is 17.2 Å². The molecular weight excluding hydrogens is 582 g/mol. The Hall–Kier alpha value is -4.22. The van der Waals surface area contributed by atoms with Crippen LogP contribution < -0.4 is 20.7 Å². The molecule has 3 aromatic rings. The second kappa shape index (κ2) is 12.2. The molecule has 2 fully saturated rings. The van der Waals surface area contributed by atoms with Gasteiger partial charge in [-0.3, -0.25) is 19.7 Å². The number of carbonyl (C=O) groups excluding carboxylic acids is 3. The Morgan fingerprint density at radius 1 is 1.09 bits per heavy atom. The number of nitrogens with zero attached hydrogens (tertiary/aromatic N) is 4. The van der Waals surface area contributed by atoms with Crippen molar-refractivity contribution in [2.45, 2.75) is 45.0 Å². The number of ether oxygens (including phenoxy) is 2. The lowest BCUT2D eigenvalue weighted by atomic mass is 10.1. The summed E-state index contributed by atoms with van der Waals surface area (Å²) in [5, 5.41) is 43.2. The molecule has 15 nitrogen and oxygen atoms in total. The second-order valence-electron chi connectivity index (χ2n) is 10.4. The van der Waals surface area contributed by atoms with Gasteiger partial charge < -0.3 is 40.3 Å². The predicted octanol–water partition coefficient (Wildman–Crippen LogP) is 1.27. The molecule has 6 N–H and O–H groups in total. The Morgan fingerprint density at radius 3 is 2.47 bits per heavy atom. The molecule has 2 atom stereocenters. The maximum absolute atomic E-state index is 13.2. The van der Waals surface area contributed by atoms with E-state index < -0.39 is 17.7 Å². The molecule has 2 aliphatic rings. The molecule has 43 heavy (non-hydrogen) atoms. The number of methoxy groups -OCH3 is 1. The number of carbonyl (C=O) groups is 3. The number of benzene rings is 1. The third-order valence-corrected chi connectivity index (χ3v) is 7.65. The number of aliphatic hydroxyl groups is 3. The third kappa shape index (κ3) is 7.23. The lowest BCUT2D eigenvalue weighted by Gasteiger charge is -2.35. The molecule has 1 aromatic carbocycles. The zero-order valence-electron chi connectivity index (χ0n) is 23.5. The molecule has 1 saturated carbocycles. The standard InChI is InChI=1S/C27H31N7O8S/c1-13-11-34(12-14(2)42-13)26(37)19-10-28-25(43-19)16-5-4-6-17(22(16)41-3)29-18-9-20(30-23(35)15-7-8-15)32-33-21(18)24(36)31-27(38,39)40/h4-6,9-10,13-15,38-40H,7-8,11-12H2,1-3H3,(H,31,36)(H2,29,30,32,35). The van der Waals surface area contributed by atoms with E-state index in [1.54, 1.807) is 28.4 Å². The highest BCUT2D eigenvalue weighted by atomic mass is 32.1. The van der Waals surface area contributed by atoms with Gasteiger partial charge in [-0.25, -0.2) is 4.98 Å². The van der Waals surface area contributed by atoms with E-state index in [9.17, 15) is 29.7 Å². The summed E-state index contributed by atoms with van der Waals surface area (Å²) in [7, 11) is 1.44. The van der Waals surface area contributed by atoms with Crippen molar-refractivity contribution in [1.82, 2.24) is 25.4 Å². The average Bonchev–Trinajstić information content (AvgIpc) is 3.68. The van der Waals surface area contributed by atoms with Crippen LogP contribution in [0.2, 0.25) is 0 Å². The number of morpholine rings is 1. The molecule has 1 aliphatic heterocycles. The summed E-state index contributed by atoms with van der Waals surface area (Å²) in [6.45, 7) is 4.79. The summed E-state index contributed by atoms with van der Waals surface area (Å²) >= 11 is 1.20. The van der Waals surface area contributed by atoms with Crippen LogP contribution in [0.3, 0.4) is 0 Å². The Kier molecular flexibility index (Phi) is 8.57. The molecule has 3 amide bonds.